The second-order valence-corrected chi connectivity index (χ2v) is 4.85. The van der Waals surface area contributed by atoms with Crippen LogP contribution in [0.25, 0.3) is 11.6 Å². The quantitative estimate of drug-likeness (QED) is 0.598. The average Bonchev–Trinajstić information content (AvgIpc) is 2.82. The van der Waals surface area contributed by atoms with Gasteiger partial charge >= 0.3 is 0 Å². The first-order chi connectivity index (χ1) is 9.13. The minimum absolute atomic E-state index is 0.153. The zero-order valence-corrected chi connectivity index (χ0v) is 10.6. The van der Waals surface area contributed by atoms with E-state index in [1.54, 1.807) is 12.1 Å². The van der Waals surface area contributed by atoms with Gasteiger partial charge in [-0.05, 0) is 35.6 Å². The highest BCUT2D eigenvalue weighted by molar-refractivity contribution is 5.89. The number of fused-ring (bicyclic) bond motifs is 1. The van der Waals surface area contributed by atoms with Crippen molar-refractivity contribution in [1.82, 2.24) is 0 Å². The van der Waals surface area contributed by atoms with Gasteiger partial charge in [-0.2, -0.15) is 0 Å². The average molecular weight is 251 g/mol. The Kier molecular flexibility index (Phi) is 2.67. The lowest BCUT2D eigenvalue weighted by Crippen LogP contribution is -1.90. The maximum atomic E-state index is 10.8. The molecule has 0 aromatic heterocycles. The third kappa shape index (κ3) is 2.15. The minimum Gasteiger partial charge on any atom is -0.258 e. The summed E-state index contributed by atoms with van der Waals surface area (Å²) in [6.45, 7) is 2.06. The molecule has 0 radical (unpaired) electrons. The number of rotatable bonds is 2. The van der Waals surface area contributed by atoms with Gasteiger partial charge in [-0.15, -0.1) is 0 Å². The van der Waals surface area contributed by atoms with Gasteiger partial charge in [-0.25, -0.2) is 0 Å². The summed E-state index contributed by atoms with van der Waals surface area (Å²) in [7, 11) is 0. The molecule has 0 unspecified atom stereocenters. The van der Waals surface area contributed by atoms with Crippen LogP contribution < -0.4 is 0 Å². The molecule has 0 saturated heterocycles. The number of nitro groups is 1. The summed E-state index contributed by atoms with van der Waals surface area (Å²) in [6.07, 6.45) is 2.89. The Morgan fingerprint density at radius 1 is 1.11 bits per heavy atom. The Balaban J connectivity index is 1.97. The second kappa shape index (κ2) is 4.35. The fraction of sp³-hybridized carbons (Fsp3) is 0.125. The summed E-state index contributed by atoms with van der Waals surface area (Å²) in [6, 6.07) is 13.4. The molecule has 0 saturated carbocycles. The van der Waals surface area contributed by atoms with E-state index < -0.39 is 0 Å². The molecule has 0 aliphatic heterocycles. The van der Waals surface area contributed by atoms with Gasteiger partial charge in [-0.3, -0.25) is 10.1 Å². The Morgan fingerprint density at radius 2 is 1.84 bits per heavy atom. The molecule has 0 amide bonds. The van der Waals surface area contributed by atoms with Crippen LogP contribution in [0.4, 0.5) is 5.69 Å². The van der Waals surface area contributed by atoms with Gasteiger partial charge in [0.1, 0.15) is 0 Å². The SMILES string of the molecule is Cc1ccc(C2=Cc3cc([N+](=O)[O-])ccc3C2)cc1. The van der Waals surface area contributed by atoms with Crippen LogP contribution in [0, 0.1) is 17.0 Å². The van der Waals surface area contributed by atoms with Gasteiger partial charge in [0.25, 0.3) is 5.69 Å². The van der Waals surface area contributed by atoms with Crippen molar-refractivity contribution in [2.24, 2.45) is 0 Å². The van der Waals surface area contributed by atoms with Crippen LogP contribution in [-0.4, -0.2) is 4.92 Å². The van der Waals surface area contributed by atoms with Crippen molar-refractivity contribution in [2.75, 3.05) is 0 Å². The second-order valence-electron chi connectivity index (χ2n) is 4.85. The standard InChI is InChI=1S/C16H13NO2/c1-11-2-4-12(5-3-11)14-8-13-6-7-16(17(18)19)10-15(13)9-14/h2-7,9-10H,8H2,1H3. The smallest absolute Gasteiger partial charge is 0.258 e. The molecule has 94 valence electrons. The number of non-ortho nitro benzene ring substituents is 1. The lowest BCUT2D eigenvalue weighted by molar-refractivity contribution is -0.384. The molecule has 1 aliphatic carbocycles. The van der Waals surface area contributed by atoms with E-state index in [2.05, 4.69) is 31.2 Å². The largest absolute Gasteiger partial charge is 0.270 e. The van der Waals surface area contributed by atoms with Gasteiger partial charge in [0.2, 0.25) is 0 Å². The van der Waals surface area contributed by atoms with Crippen molar-refractivity contribution in [2.45, 2.75) is 13.3 Å². The molecule has 0 fully saturated rings. The number of benzene rings is 2. The maximum Gasteiger partial charge on any atom is 0.270 e. The van der Waals surface area contributed by atoms with Gasteiger partial charge in [-0.1, -0.05) is 42.0 Å². The first-order valence-corrected chi connectivity index (χ1v) is 6.18. The number of hydrogen-bond acceptors (Lipinski definition) is 2. The van der Waals surface area contributed by atoms with E-state index in [0.29, 0.717) is 0 Å². The zero-order valence-electron chi connectivity index (χ0n) is 10.6. The zero-order chi connectivity index (χ0) is 13.4. The topological polar surface area (TPSA) is 43.1 Å². The van der Waals surface area contributed by atoms with E-state index in [-0.39, 0.29) is 10.6 Å². The first-order valence-electron chi connectivity index (χ1n) is 6.18. The number of hydrogen-bond donors (Lipinski definition) is 0. The van der Waals surface area contributed by atoms with Crippen LogP contribution in [0.2, 0.25) is 0 Å². The molecule has 2 aromatic rings. The Labute approximate surface area is 111 Å². The van der Waals surface area contributed by atoms with Crippen LogP contribution in [0.15, 0.2) is 42.5 Å². The molecule has 2 aromatic carbocycles. The lowest BCUT2D eigenvalue weighted by atomic mass is 10.0. The lowest BCUT2D eigenvalue weighted by Gasteiger charge is -2.02. The molecular weight excluding hydrogens is 238 g/mol. The van der Waals surface area contributed by atoms with Crippen molar-refractivity contribution in [3.63, 3.8) is 0 Å². The van der Waals surface area contributed by atoms with E-state index in [1.165, 1.54) is 16.7 Å². The predicted molar refractivity (Wildman–Crippen MR) is 75.9 cm³/mol. The fourth-order valence-electron chi connectivity index (χ4n) is 2.39. The summed E-state index contributed by atoms with van der Waals surface area (Å²) in [5, 5.41) is 10.8. The minimum atomic E-state index is -0.349. The molecule has 1 aliphatic rings. The molecular formula is C16H13NO2. The highest BCUT2D eigenvalue weighted by atomic mass is 16.6. The van der Waals surface area contributed by atoms with E-state index >= 15 is 0 Å². The van der Waals surface area contributed by atoms with Gasteiger partial charge in [0.05, 0.1) is 4.92 Å². The van der Waals surface area contributed by atoms with Crippen LogP contribution in [0.1, 0.15) is 22.3 Å². The predicted octanol–water partition coefficient (Wildman–Crippen LogP) is 4.00. The Bertz CT molecular complexity index is 684. The van der Waals surface area contributed by atoms with Crippen LogP contribution in [0.5, 0.6) is 0 Å². The fourth-order valence-corrected chi connectivity index (χ4v) is 2.39. The number of nitro benzene ring substituents is 1. The Hall–Kier alpha value is -2.42. The third-order valence-electron chi connectivity index (χ3n) is 3.47. The molecule has 0 N–H and O–H groups in total. The monoisotopic (exact) mass is 251 g/mol. The van der Waals surface area contributed by atoms with Crippen molar-refractivity contribution >= 4 is 17.3 Å². The van der Waals surface area contributed by atoms with E-state index in [0.717, 1.165) is 17.5 Å². The molecule has 3 nitrogen and oxygen atoms in total. The molecule has 0 atom stereocenters. The summed E-state index contributed by atoms with van der Waals surface area (Å²) >= 11 is 0. The van der Waals surface area contributed by atoms with Gasteiger partial charge < -0.3 is 0 Å². The number of allylic oxidation sites excluding steroid dienone is 1. The van der Waals surface area contributed by atoms with Crippen molar-refractivity contribution in [3.8, 4) is 0 Å². The highest BCUT2D eigenvalue weighted by Crippen LogP contribution is 2.33. The van der Waals surface area contributed by atoms with Crippen LogP contribution in [-0.2, 0) is 6.42 Å². The van der Waals surface area contributed by atoms with Crippen molar-refractivity contribution < 1.29 is 4.92 Å². The van der Waals surface area contributed by atoms with Crippen LogP contribution >= 0.6 is 0 Å². The van der Waals surface area contributed by atoms with E-state index in [4.69, 9.17) is 0 Å². The summed E-state index contributed by atoms with van der Waals surface area (Å²) in [5.41, 5.74) is 5.90. The molecule has 0 heterocycles. The summed E-state index contributed by atoms with van der Waals surface area (Å²) < 4.78 is 0. The summed E-state index contributed by atoms with van der Waals surface area (Å²) in [4.78, 5) is 10.4. The molecule has 0 spiro atoms. The van der Waals surface area contributed by atoms with E-state index in [1.807, 2.05) is 12.1 Å². The third-order valence-corrected chi connectivity index (χ3v) is 3.47. The molecule has 0 bridgehead atoms. The Morgan fingerprint density at radius 3 is 2.53 bits per heavy atom. The van der Waals surface area contributed by atoms with Crippen molar-refractivity contribution in [1.29, 1.82) is 0 Å². The number of aryl methyl sites for hydroxylation is 1. The van der Waals surface area contributed by atoms with Crippen molar-refractivity contribution in [3.05, 3.63) is 74.8 Å². The molecule has 3 heteroatoms. The summed E-state index contributed by atoms with van der Waals surface area (Å²) in [5.74, 6) is 0. The van der Waals surface area contributed by atoms with Crippen LogP contribution in [0.3, 0.4) is 0 Å². The highest BCUT2D eigenvalue weighted by Gasteiger charge is 2.17. The number of nitrogens with zero attached hydrogens (tertiary/aromatic N) is 1. The van der Waals surface area contributed by atoms with Gasteiger partial charge in [0, 0.05) is 12.1 Å². The van der Waals surface area contributed by atoms with Gasteiger partial charge in [0.15, 0.2) is 0 Å². The normalized spacial score (nSPS) is 13.0. The molecule has 3 rings (SSSR count). The first kappa shape index (κ1) is 11.7. The molecule has 19 heavy (non-hydrogen) atoms. The maximum absolute atomic E-state index is 10.8. The van der Waals surface area contributed by atoms with E-state index in [9.17, 15) is 10.1 Å².